The van der Waals surface area contributed by atoms with Crippen LogP contribution in [0.1, 0.15) is 24.0 Å². The Labute approximate surface area is 81.4 Å². The molecule has 0 unspecified atom stereocenters. The van der Waals surface area contributed by atoms with Gasteiger partial charge < -0.3 is 0 Å². The molecule has 1 aliphatic rings. The first-order valence-corrected chi connectivity index (χ1v) is 5.04. The molecule has 0 N–H and O–H groups in total. The molecule has 0 bridgehead atoms. The van der Waals surface area contributed by atoms with Crippen molar-refractivity contribution < 1.29 is 0 Å². The van der Waals surface area contributed by atoms with Crippen LogP contribution in [0.2, 0.25) is 0 Å². The first-order chi connectivity index (χ1) is 5.79. The molecule has 1 heteroatoms. The van der Waals surface area contributed by atoms with E-state index in [0.29, 0.717) is 0 Å². The summed E-state index contributed by atoms with van der Waals surface area (Å²) in [6.45, 7) is 4.08. The third-order valence-corrected chi connectivity index (χ3v) is 3.15. The van der Waals surface area contributed by atoms with Crippen molar-refractivity contribution in [2.24, 2.45) is 0 Å². The number of benzene rings is 1. The normalized spacial score (nSPS) is 15.9. The maximum absolute atomic E-state index is 4.08. The summed E-state index contributed by atoms with van der Waals surface area (Å²) in [7, 11) is 0. The van der Waals surface area contributed by atoms with E-state index in [0.717, 1.165) is 6.42 Å². The van der Waals surface area contributed by atoms with Gasteiger partial charge in [0.15, 0.2) is 0 Å². The zero-order valence-electron chi connectivity index (χ0n) is 6.94. The third kappa shape index (κ3) is 1.22. The lowest BCUT2D eigenvalue weighted by Crippen LogP contribution is -2.01. The number of rotatable bonds is 0. The molecule has 0 saturated heterocycles. The van der Waals surface area contributed by atoms with Gasteiger partial charge in [-0.3, -0.25) is 0 Å². The second kappa shape index (κ2) is 3.06. The van der Waals surface area contributed by atoms with Gasteiger partial charge in [0.25, 0.3) is 0 Å². The third-order valence-electron chi connectivity index (χ3n) is 2.41. The maximum Gasteiger partial charge on any atom is 0.0213 e. The van der Waals surface area contributed by atoms with E-state index in [-0.39, 0.29) is 0 Å². The predicted molar refractivity (Wildman–Crippen MR) is 56.1 cm³/mol. The highest BCUT2D eigenvalue weighted by Crippen LogP contribution is 2.33. The molecule has 0 saturated carbocycles. The molecule has 0 radical (unpaired) electrons. The summed E-state index contributed by atoms with van der Waals surface area (Å²) in [6, 6.07) is 6.36. The summed E-state index contributed by atoms with van der Waals surface area (Å²) in [6.07, 6.45) is 3.59. The molecule has 0 fully saturated rings. The van der Waals surface area contributed by atoms with Crippen LogP contribution in [0.4, 0.5) is 0 Å². The SMILES string of the molecule is C=C1CCCc2c(Br)cccc21. The van der Waals surface area contributed by atoms with Gasteiger partial charge in [0.05, 0.1) is 0 Å². The summed E-state index contributed by atoms with van der Waals surface area (Å²) >= 11 is 3.57. The van der Waals surface area contributed by atoms with E-state index in [2.05, 4.69) is 40.7 Å². The molecule has 0 atom stereocenters. The minimum Gasteiger partial charge on any atom is -0.0952 e. The number of allylic oxidation sites excluding steroid dienone is 1. The summed E-state index contributed by atoms with van der Waals surface area (Å²) in [5.74, 6) is 0. The zero-order chi connectivity index (χ0) is 8.55. The van der Waals surface area contributed by atoms with Gasteiger partial charge in [0.2, 0.25) is 0 Å². The molecule has 0 amide bonds. The van der Waals surface area contributed by atoms with Gasteiger partial charge in [-0.15, -0.1) is 0 Å². The molecule has 0 spiro atoms. The lowest BCUT2D eigenvalue weighted by atomic mass is 9.88. The minimum absolute atomic E-state index is 1.16. The summed E-state index contributed by atoms with van der Waals surface area (Å²) in [5, 5.41) is 0. The van der Waals surface area contributed by atoms with E-state index in [4.69, 9.17) is 0 Å². The second-order valence-electron chi connectivity index (χ2n) is 3.22. The molecule has 0 aromatic heterocycles. The van der Waals surface area contributed by atoms with Crippen LogP contribution in [0.15, 0.2) is 29.3 Å². The second-order valence-corrected chi connectivity index (χ2v) is 4.08. The Morgan fingerprint density at radius 3 is 2.83 bits per heavy atom. The molecule has 2 rings (SSSR count). The number of hydrogen-bond donors (Lipinski definition) is 0. The molecule has 1 aromatic carbocycles. The largest absolute Gasteiger partial charge is 0.0952 e. The maximum atomic E-state index is 4.08. The van der Waals surface area contributed by atoms with E-state index >= 15 is 0 Å². The van der Waals surface area contributed by atoms with Crippen molar-refractivity contribution in [2.75, 3.05) is 0 Å². The van der Waals surface area contributed by atoms with Crippen LogP contribution in [-0.2, 0) is 6.42 Å². The molecule has 62 valence electrons. The van der Waals surface area contributed by atoms with Crippen LogP contribution < -0.4 is 0 Å². The van der Waals surface area contributed by atoms with Crippen molar-refractivity contribution in [1.82, 2.24) is 0 Å². The van der Waals surface area contributed by atoms with Crippen LogP contribution in [0.25, 0.3) is 5.57 Å². The highest BCUT2D eigenvalue weighted by Gasteiger charge is 2.13. The van der Waals surface area contributed by atoms with Crippen molar-refractivity contribution in [1.29, 1.82) is 0 Å². The monoisotopic (exact) mass is 222 g/mol. The predicted octanol–water partition coefficient (Wildman–Crippen LogP) is 3.80. The average molecular weight is 223 g/mol. The fourth-order valence-electron chi connectivity index (χ4n) is 1.76. The molecule has 1 aromatic rings. The van der Waals surface area contributed by atoms with E-state index in [9.17, 15) is 0 Å². The highest BCUT2D eigenvalue weighted by molar-refractivity contribution is 9.10. The zero-order valence-corrected chi connectivity index (χ0v) is 8.52. The average Bonchev–Trinajstić information content (AvgIpc) is 2.07. The Bertz CT molecular complexity index is 326. The summed E-state index contributed by atoms with van der Waals surface area (Å²) in [4.78, 5) is 0. The highest BCUT2D eigenvalue weighted by atomic mass is 79.9. The molecule has 1 aliphatic carbocycles. The molecule has 0 nitrogen and oxygen atoms in total. The van der Waals surface area contributed by atoms with E-state index < -0.39 is 0 Å². The van der Waals surface area contributed by atoms with E-state index in [1.54, 1.807) is 0 Å². The standard InChI is InChI=1S/C11H11Br/c1-8-4-2-6-10-9(8)5-3-7-11(10)12/h3,5,7H,1-2,4,6H2. The van der Waals surface area contributed by atoms with Gasteiger partial charge in [-0.05, 0) is 42.0 Å². The summed E-state index contributed by atoms with van der Waals surface area (Å²) < 4.78 is 1.24. The fourth-order valence-corrected chi connectivity index (χ4v) is 2.32. The van der Waals surface area contributed by atoms with Gasteiger partial charge in [-0.25, -0.2) is 0 Å². The Balaban J connectivity index is 2.59. The van der Waals surface area contributed by atoms with Crippen molar-refractivity contribution in [3.63, 3.8) is 0 Å². The van der Waals surface area contributed by atoms with Crippen LogP contribution in [0, 0.1) is 0 Å². The van der Waals surface area contributed by atoms with Gasteiger partial charge in [-0.2, -0.15) is 0 Å². The number of fused-ring (bicyclic) bond motifs is 1. The van der Waals surface area contributed by atoms with Crippen LogP contribution in [-0.4, -0.2) is 0 Å². The van der Waals surface area contributed by atoms with Crippen molar-refractivity contribution >= 4 is 21.5 Å². The quantitative estimate of drug-likeness (QED) is 0.627. The first-order valence-electron chi connectivity index (χ1n) is 4.24. The molecular formula is C11H11Br. The molecule has 0 heterocycles. The van der Waals surface area contributed by atoms with Crippen LogP contribution in [0.3, 0.4) is 0 Å². The van der Waals surface area contributed by atoms with Crippen molar-refractivity contribution in [3.05, 3.63) is 40.4 Å². The molecule has 0 aliphatic heterocycles. The number of hydrogen-bond acceptors (Lipinski definition) is 0. The molecule has 12 heavy (non-hydrogen) atoms. The summed E-state index contributed by atoms with van der Waals surface area (Å²) in [5.41, 5.74) is 4.09. The van der Waals surface area contributed by atoms with Gasteiger partial charge in [0, 0.05) is 4.47 Å². The van der Waals surface area contributed by atoms with Crippen molar-refractivity contribution in [2.45, 2.75) is 19.3 Å². The Morgan fingerprint density at radius 1 is 1.25 bits per heavy atom. The van der Waals surface area contributed by atoms with Gasteiger partial charge in [0.1, 0.15) is 0 Å². The smallest absolute Gasteiger partial charge is 0.0213 e. The van der Waals surface area contributed by atoms with E-state index in [1.807, 2.05) is 0 Å². The Kier molecular flexibility index (Phi) is 2.05. The fraction of sp³-hybridized carbons (Fsp3) is 0.273. The lowest BCUT2D eigenvalue weighted by molar-refractivity contribution is 0.820. The first kappa shape index (κ1) is 8.06. The van der Waals surface area contributed by atoms with Crippen LogP contribution >= 0.6 is 15.9 Å². The van der Waals surface area contributed by atoms with Crippen LogP contribution in [0.5, 0.6) is 0 Å². The number of halogens is 1. The molecular weight excluding hydrogens is 212 g/mol. The van der Waals surface area contributed by atoms with Gasteiger partial charge in [-0.1, -0.05) is 34.6 Å². The van der Waals surface area contributed by atoms with Gasteiger partial charge >= 0.3 is 0 Å². The minimum atomic E-state index is 1.16. The lowest BCUT2D eigenvalue weighted by Gasteiger charge is -2.18. The Morgan fingerprint density at radius 2 is 2.08 bits per heavy atom. The van der Waals surface area contributed by atoms with Crippen molar-refractivity contribution in [3.8, 4) is 0 Å². The topological polar surface area (TPSA) is 0 Å². The Hall–Kier alpha value is -0.560. The van der Waals surface area contributed by atoms with E-state index in [1.165, 1.54) is 34.0 Å².